The number of hydrogen-bond donors (Lipinski definition) is 3. The summed E-state index contributed by atoms with van der Waals surface area (Å²) in [4.78, 5) is 29.8. The summed E-state index contributed by atoms with van der Waals surface area (Å²) in [5.41, 5.74) is 0.422. The highest BCUT2D eigenvalue weighted by molar-refractivity contribution is 5.96. The van der Waals surface area contributed by atoms with E-state index in [-0.39, 0.29) is 40.8 Å². The van der Waals surface area contributed by atoms with Crippen molar-refractivity contribution in [1.29, 1.82) is 5.41 Å². The number of aromatic nitrogens is 3. The number of pyridine rings is 2. The van der Waals surface area contributed by atoms with Crippen molar-refractivity contribution in [3.63, 3.8) is 0 Å². The first kappa shape index (κ1) is 17.8. The Morgan fingerprint density at radius 1 is 1.38 bits per heavy atom. The molecule has 1 amide bonds. The van der Waals surface area contributed by atoms with Crippen LogP contribution >= 0.6 is 0 Å². The Bertz CT molecular complexity index is 1080. The largest absolute Gasteiger partial charge is 0.395 e. The zero-order chi connectivity index (χ0) is 18.7. The van der Waals surface area contributed by atoms with E-state index in [1.165, 1.54) is 15.0 Å². The lowest BCUT2D eigenvalue weighted by Crippen LogP contribution is -2.35. The molecule has 0 aliphatic heterocycles. The molecule has 0 bridgehead atoms. The molecule has 0 aliphatic rings. The summed E-state index contributed by atoms with van der Waals surface area (Å²) in [7, 11) is 0. The van der Waals surface area contributed by atoms with Gasteiger partial charge in [0.2, 0.25) is 0 Å². The fourth-order valence-electron chi connectivity index (χ4n) is 2.85. The smallest absolute Gasteiger partial charge is 0.267 e. The lowest BCUT2D eigenvalue weighted by Gasteiger charge is -2.13. The average molecular weight is 355 g/mol. The summed E-state index contributed by atoms with van der Waals surface area (Å²) in [6.07, 6.45) is 3.38. The van der Waals surface area contributed by atoms with Gasteiger partial charge in [-0.15, -0.1) is 0 Å². The molecule has 0 unspecified atom stereocenters. The number of carbonyl (C=O) groups is 1. The predicted molar refractivity (Wildman–Crippen MR) is 97.1 cm³/mol. The Hall–Kier alpha value is -3.00. The molecule has 0 spiro atoms. The van der Waals surface area contributed by atoms with Crippen LogP contribution in [0.2, 0.25) is 0 Å². The minimum absolute atomic E-state index is 0.0703. The number of carbonyl (C=O) groups excluding carboxylic acids is 1. The van der Waals surface area contributed by atoms with Gasteiger partial charge >= 0.3 is 0 Å². The molecule has 3 N–H and O–H groups in total. The molecule has 26 heavy (non-hydrogen) atoms. The van der Waals surface area contributed by atoms with Crippen LogP contribution in [0.3, 0.4) is 0 Å². The van der Waals surface area contributed by atoms with E-state index < -0.39 is 5.91 Å². The van der Waals surface area contributed by atoms with Crippen LogP contribution in [0.1, 0.15) is 30.1 Å². The van der Waals surface area contributed by atoms with E-state index in [1.54, 1.807) is 24.4 Å². The zero-order valence-electron chi connectivity index (χ0n) is 14.5. The van der Waals surface area contributed by atoms with E-state index >= 15 is 0 Å². The van der Waals surface area contributed by atoms with Crippen molar-refractivity contribution in [2.45, 2.75) is 26.3 Å². The number of amides is 1. The van der Waals surface area contributed by atoms with Crippen LogP contribution in [0.15, 0.2) is 35.3 Å². The molecule has 3 aromatic rings. The molecule has 0 aliphatic carbocycles. The van der Waals surface area contributed by atoms with Gasteiger partial charge in [0.05, 0.1) is 17.6 Å². The second-order valence-corrected chi connectivity index (χ2v) is 5.97. The minimum atomic E-state index is -0.408. The second kappa shape index (κ2) is 7.49. The summed E-state index contributed by atoms with van der Waals surface area (Å²) < 4.78 is 2.80. The maximum atomic E-state index is 12.8. The zero-order valence-corrected chi connectivity index (χ0v) is 14.5. The third-order valence-corrected chi connectivity index (χ3v) is 4.20. The Labute approximate surface area is 149 Å². The summed E-state index contributed by atoms with van der Waals surface area (Å²) in [6, 6.07) is 6.60. The van der Waals surface area contributed by atoms with Gasteiger partial charge in [-0.05, 0) is 24.6 Å². The van der Waals surface area contributed by atoms with Crippen molar-refractivity contribution < 1.29 is 9.90 Å². The van der Waals surface area contributed by atoms with Gasteiger partial charge in [-0.3, -0.25) is 19.4 Å². The topological polar surface area (TPSA) is 112 Å². The number of aliphatic hydroxyl groups is 1. The number of nitrogens with zero attached hydrogens (tertiary/aromatic N) is 3. The number of unbranched alkanes of at least 4 members (excludes halogenated alkanes) is 1. The number of hydrogen-bond acceptors (Lipinski definition) is 5. The van der Waals surface area contributed by atoms with E-state index in [0.29, 0.717) is 12.2 Å². The molecule has 8 nitrogen and oxygen atoms in total. The van der Waals surface area contributed by atoms with Gasteiger partial charge in [-0.1, -0.05) is 19.4 Å². The van der Waals surface area contributed by atoms with Crippen LogP contribution in [0, 0.1) is 5.41 Å². The molecule has 0 radical (unpaired) electrons. The van der Waals surface area contributed by atoms with E-state index in [4.69, 9.17) is 5.41 Å². The van der Waals surface area contributed by atoms with Gasteiger partial charge in [0, 0.05) is 19.3 Å². The van der Waals surface area contributed by atoms with Crippen molar-refractivity contribution in [3.05, 3.63) is 51.9 Å². The first-order chi connectivity index (χ1) is 12.6. The van der Waals surface area contributed by atoms with Crippen LogP contribution in [0.5, 0.6) is 0 Å². The first-order valence-corrected chi connectivity index (χ1v) is 8.57. The van der Waals surface area contributed by atoms with E-state index in [9.17, 15) is 14.7 Å². The van der Waals surface area contributed by atoms with E-state index in [1.807, 2.05) is 6.92 Å². The van der Waals surface area contributed by atoms with E-state index in [0.717, 1.165) is 12.8 Å². The summed E-state index contributed by atoms with van der Waals surface area (Å²) in [5, 5.41) is 20.7. The number of nitrogens with one attached hydrogen (secondary N) is 2. The van der Waals surface area contributed by atoms with Gasteiger partial charge in [-0.2, -0.15) is 0 Å². The molecule has 3 rings (SSSR count). The van der Waals surface area contributed by atoms with Gasteiger partial charge in [0.15, 0.2) is 0 Å². The van der Waals surface area contributed by atoms with Gasteiger partial charge in [-0.25, -0.2) is 4.98 Å². The van der Waals surface area contributed by atoms with Crippen molar-refractivity contribution in [2.75, 3.05) is 13.2 Å². The molecule has 0 fully saturated rings. The fraction of sp³-hybridized carbons (Fsp3) is 0.333. The highest BCUT2D eigenvalue weighted by Gasteiger charge is 2.17. The van der Waals surface area contributed by atoms with E-state index in [2.05, 4.69) is 10.3 Å². The molecule has 0 atom stereocenters. The van der Waals surface area contributed by atoms with Crippen LogP contribution in [-0.4, -0.2) is 38.1 Å². The quantitative estimate of drug-likeness (QED) is 0.445. The highest BCUT2D eigenvalue weighted by Crippen LogP contribution is 2.10. The molecule has 136 valence electrons. The normalized spacial score (nSPS) is 11.2. The molecular formula is C18H21N5O3. The third kappa shape index (κ3) is 3.11. The molecule has 0 saturated carbocycles. The molecule has 3 heterocycles. The van der Waals surface area contributed by atoms with Gasteiger partial charge < -0.3 is 15.0 Å². The number of aliphatic hydroxyl groups excluding tert-OH is 1. The molecule has 3 aromatic heterocycles. The molecular weight excluding hydrogens is 334 g/mol. The van der Waals surface area contributed by atoms with Gasteiger partial charge in [0.25, 0.3) is 11.5 Å². The Morgan fingerprint density at radius 3 is 2.92 bits per heavy atom. The molecule has 0 aromatic carbocycles. The van der Waals surface area contributed by atoms with Crippen LogP contribution in [-0.2, 0) is 6.54 Å². The molecule has 0 saturated heterocycles. The highest BCUT2D eigenvalue weighted by atomic mass is 16.3. The Balaban J connectivity index is 2.27. The maximum Gasteiger partial charge on any atom is 0.267 e. The monoisotopic (exact) mass is 355 g/mol. The van der Waals surface area contributed by atoms with Crippen molar-refractivity contribution >= 4 is 22.6 Å². The lowest BCUT2D eigenvalue weighted by atomic mass is 10.2. The van der Waals surface area contributed by atoms with Gasteiger partial charge in [0.1, 0.15) is 16.8 Å². The van der Waals surface area contributed by atoms with Crippen molar-refractivity contribution in [1.82, 2.24) is 19.3 Å². The summed E-state index contributed by atoms with van der Waals surface area (Å²) in [5.74, 6) is -0.408. The SMILES string of the molecule is CCCCNC(=O)c1cc2c(=O)n3ccccc3nc2n(CCO)c1=N. The number of fused-ring (bicyclic) bond motifs is 2. The minimum Gasteiger partial charge on any atom is -0.395 e. The summed E-state index contributed by atoms with van der Waals surface area (Å²) in [6.45, 7) is 2.36. The maximum absolute atomic E-state index is 12.8. The Kier molecular flexibility index (Phi) is 5.13. The van der Waals surface area contributed by atoms with Crippen LogP contribution < -0.4 is 16.4 Å². The lowest BCUT2D eigenvalue weighted by molar-refractivity contribution is 0.0950. The standard InChI is InChI=1S/C18H21N5O3/c1-2-3-7-20-17(25)12-11-13-16(23(9-10-24)15(12)19)21-14-6-4-5-8-22(14)18(13)26/h4-6,8,11,19,24H,2-3,7,9-10H2,1H3,(H,20,25). The second-order valence-electron chi connectivity index (χ2n) is 5.97. The average Bonchev–Trinajstić information content (AvgIpc) is 2.64. The molecule has 8 heteroatoms. The van der Waals surface area contributed by atoms with Crippen LogP contribution in [0.25, 0.3) is 16.7 Å². The third-order valence-electron chi connectivity index (χ3n) is 4.20. The fourth-order valence-corrected chi connectivity index (χ4v) is 2.85. The Morgan fingerprint density at radius 2 is 2.19 bits per heavy atom. The number of rotatable bonds is 6. The summed E-state index contributed by atoms with van der Waals surface area (Å²) >= 11 is 0. The first-order valence-electron chi connectivity index (χ1n) is 8.57. The van der Waals surface area contributed by atoms with Crippen molar-refractivity contribution in [3.8, 4) is 0 Å². The van der Waals surface area contributed by atoms with Crippen LogP contribution in [0.4, 0.5) is 0 Å². The van der Waals surface area contributed by atoms with Crippen molar-refractivity contribution in [2.24, 2.45) is 0 Å². The predicted octanol–water partition coefficient (Wildman–Crippen LogP) is 0.651.